The Morgan fingerprint density at radius 1 is 0.926 bits per heavy atom. The molecule has 0 aromatic heterocycles. The van der Waals surface area contributed by atoms with Crippen molar-refractivity contribution in [3.05, 3.63) is 28.8 Å². The van der Waals surface area contributed by atoms with Gasteiger partial charge in [-0.25, -0.2) is 0 Å². The van der Waals surface area contributed by atoms with Crippen molar-refractivity contribution in [2.24, 2.45) is 23.2 Å². The quantitative estimate of drug-likeness (QED) is 0.815. The molecule has 2 N–H and O–H groups in total. The Bertz CT molecular complexity index is 709. The van der Waals surface area contributed by atoms with Crippen LogP contribution in [-0.2, 0) is 9.59 Å². The van der Waals surface area contributed by atoms with E-state index in [2.05, 4.69) is 29.7 Å². The first-order valence-corrected chi connectivity index (χ1v) is 10.5. The highest BCUT2D eigenvalue weighted by Gasteiger charge is 2.51. The standard InChI is InChI=1S/C23H32N2O2/c1-14-4-15(2)22(16(3)5-14)25-21(27)13-24-20(26)12-23-9-17-6-18(10-23)8-19(7-17)11-23/h4-5,17-19H,6-13H2,1-3H3,(H,24,26)(H,25,27). The Hall–Kier alpha value is -1.84. The van der Waals surface area contributed by atoms with Crippen molar-refractivity contribution >= 4 is 17.5 Å². The number of hydrogen-bond donors (Lipinski definition) is 2. The lowest BCUT2D eigenvalue weighted by Gasteiger charge is -2.56. The van der Waals surface area contributed by atoms with Crippen molar-refractivity contribution in [3.8, 4) is 0 Å². The van der Waals surface area contributed by atoms with Crippen LogP contribution in [0, 0.1) is 43.9 Å². The zero-order valence-corrected chi connectivity index (χ0v) is 16.9. The first-order chi connectivity index (χ1) is 12.8. The molecule has 0 heterocycles. The van der Waals surface area contributed by atoms with Crippen LogP contribution < -0.4 is 10.6 Å². The van der Waals surface area contributed by atoms with Crippen LogP contribution in [0.25, 0.3) is 0 Å². The molecule has 1 aromatic carbocycles. The molecule has 0 unspecified atom stereocenters. The van der Waals surface area contributed by atoms with Gasteiger partial charge in [-0.2, -0.15) is 0 Å². The topological polar surface area (TPSA) is 58.2 Å². The van der Waals surface area contributed by atoms with E-state index in [1.807, 2.05) is 13.8 Å². The van der Waals surface area contributed by atoms with Crippen molar-refractivity contribution < 1.29 is 9.59 Å². The minimum Gasteiger partial charge on any atom is -0.347 e. The van der Waals surface area contributed by atoms with Gasteiger partial charge in [0.1, 0.15) is 0 Å². The fourth-order valence-electron chi connectivity index (χ4n) is 6.65. The first kappa shape index (κ1) is 18.5. The highest BCUT2D eigenvalue weighted by atomic mass is 16.2. The van der Waals surface area contributed by atoms with Crippen molar-refractivity contribution in [1.29, 1.82) is 0 Å². The summed E-state index contributed by atoms with van der Waals surface area (Å²) in [6.07, 6.45) is 8.43. The maximum atomic E-state index is 12.6. The number of carbonyl (C=O) groups is 2. The van der Waals surface area contributed by atoms with Crippen LogP contribution in [-0.4, -0.2) is 18.4 Å². The summed E-state index contributed by atoms with van der Waals surface area (Å²) in [6.45, 7) is 6.11. The van der Waals surface area contributed by atoms with E-state index in [4.69, 9.17) is 0 Å². The fourth-order valence-corrected chi connectivity index (χ4v) is 6.65. The summed E-state index contributed by atoms with van der Waals surface area (Å²) in [4.78, 5) is 24.9. The second-order valence-electron chi connectivity index (χ2n) is 9.69. The Balaban J connectivity index is 1.30. The minimum absolute atomic E-state index is 0.0458. The van der Waals surface area contributed by atoms with Crippen LogP contribution in [0.2, 0.25) is 0 Å². The van der Waals surface area contributed by atoms with E-state index in [0.29, 0.717) is 6.42 Å². The van der Waals surface area contributed by atoms with Gasteiger partial charge in [-0.1, -0.05) is 17.7 Å². The summed E-state index contributed by atoms with van der Waals surface area (Å²) >= 11 is 0. The largest absolute Gasteiger partial charge is 0.347 e. The first-order valence-electron chi connectivity index (χ1n) is 10.5. The van der Waals surface area contributed by atoms with Crippen LogP contribution in [0.4, 0.5) is 5.69 Å². The number of carbonyl (C=O) groups excluding carboxylic acids is 2. The van der Waals surface area contributed by atoms with Gasteiger partial charge in [-0.3, -0.25) is 9.59 Å². The molecule has 4 bridgehead atoms. The van der Waals surface area contributed by atoms with E-state index >= 15 is 0 Å². The van der Waals surface area contributed by atoms with E-state index in [1.165, 1.54) is 44.1 Å². The maximum Gasteiger partial charge on any atom is 0.243 e. The molecular formula is C23H32N2O2. The zero-order chi connectivity index (χ0) is 19.2. The van der Waals surface area contributed by atoms with E-state index in [1.54, 1.807) is 0 Å². The maximum absolute atomic E-state index is 12.6. The Morgan fingerprint density at radius 3 is 1.96 bits per heavy atom. The second-order valence-corrected chi connectivity index (χ2v) is 9.69. The molecule has 4 fully saturated rings. The van der Waals surface area contributed by atoms with Gasteiger partial charge in [0, 0.05) is 12.1 Å². The van der Waals surface area contributed by atoms with Gasteiger partial charge in [0.2, 0.25) is 11.8 Å². The molecule has 2 amide bonds. The molecule has 4 nitrogen and oxygen atoms in total. The van der Waals surface area contributed by atoms with Gasteiger partial charge >= 0.3 is 0 Å². The zero-order valence-electron chi connectivity index (χ0n) is 16.9. The van der Waals surface area contributed by atoms with Crippen molar-refractivity contribution in [3.63, 3.8) is 0 Å². The molecule has 27 heavy (non-hydrogen) atoms. The number of hydrogen-bond acceptors (Lipinski definition) is 2. The minimum atomic E-state index is -0.149. The fraction of sp³-hybridized carbons (Fsp3) is 0.652. The molecule has 4 aliphatic rings. The second kappa shape index (κ2) is 6.96. The number of benzene rings is 1. The molecule has 0 saturated heterocycles. The van der Waals surface area contributed by atoms with Crippen LogP contribution in [0.5, 0.6) is 0 Å². The Morgan fingerprint density at radius 2 is 1.44 bits per heavy atom. The van der Waals surface area contributed by atoms with Gasteiger partial charge in [-0.15, -0.1) is 0 Å². The van der Waals surface area contributed by atoms with Gasteiger partial charge < -0.3 is 10.6 Å². The van der Waals surface area contributed by atoms with E-state index in [0.717, 1.165) is 34.6 Å². The Labute approximate surface area is 162 Å². The SMILES string of the molecule is Cc1cc(C)c(NC(=O)CNC(=O)CC23CC4CC(CC(C4)C2)C3)c(C)c1. The van der Waals surface area contributed by atoms with Crippen LogP contribution in [0.3, 0.4) is 0 Å². The normalized spacial score (nSPS) is 31.0. The average Bonchev–Trinajstić information content (AvgIpc) is 2.54. The van der Waals surface area contributed by atoms with E-state index in [-0.39, 0.29) is 23.8 Å². The van der Waals surface area contributed by atoms with Crippen LogP contribution >= 0.6 is 0 Å². The van der Waals surface area contributed by atoms with Gasteiger partial charge in [0.25, 0.3) is 0 Å². The summed E-state index contributed by atoms with van der Waals surface area (Å²) in [6, 6.07) is 4.13. The molecule has 1 aromatic rings. The Kier molecular flexibility index (Phi) is 4.77. The molecule has 0 atom stereocenters. The molecule has 4 heteroatoms. The lowest BCUT2D eigenvalue weighted by molar-refractivity contribution is -0.131. The third kappa shape index (κ3) is 3.90. The van der Waals surface area contributed by atoms with Gasteiger partial charge in [0.05, 0.1) is 6.54 Å². The van der Waals surface area contributed by atoms with Gasteiger partial charge in [-0.05, 0) is 93.6 Å². The van der Waals surface area contributed by atoms with E-state index in [9.17, 15) is 9.59 Å². The predicted octanol–water partition coefficient (Wildman–Crippen LogP) is 4.27. The predicted molar refractivity (Wildman–Crippen MR) is 108 cm³/mol. The molecular weight excluding hydrogens is 336 g/mol. The number of rotatable bonds is 5. The highest BCUT2D eigenvalue weighted by molar-refractivity contribution is 5.95. The summed E-state index contributed by atoms with van der Waals surface area (Å²) in [5.74, 6) is 2.44. The van der Waals surface area contributed by atoms with Crippen molar-refractivity contribution in [2.45, 2.75) is 65.7 Å². The number of nitrogens with one attached hydrogen (secondary N) is 2. The molecule has 5 rings (SSSR count). The number of anilines is 1. The van der Waals surface area contributed by atoms with Crippen LogP contribution in [0.1, 0.15) is 61.6 Å². The molecule has 0 aliphatic heterocycles. The summed E-state index contributed by atoms with van der Waals surface area (Å²) in [7, 11) is 0. The summed E-state index contributed by atoms with van der Waals surface area (Å²) < 4.78 is 0. The highest BCUT2D eigenvalue weighted by Crippen LogP contribution is 2.61. The van der Waals surface area contributed by atoms with E-state index < -0.39 is 0 Å². The molecule has 0 spiro atoms. The third-order valence-corrected chi connectivity index (χ3v) is 7.09. The monoisotopic (exact) mass is 368 g/mol. The van der Waals surface area contributed by atoms with Crippen molar-refractivity contribution in [1.82, 2.24) is 5.32 Å². The molecule has 4 aliphatic carbocycles. The molecule has 4 saturated carbocycles. The summed E-state index contributed by atoms with van der Waals surface area (Å²) in [5.41, 5.74) is 4.38. The number of aryl methyl sites for hydroxylation is 3. The smallest absolute Gasteiger partial charge is 0.243 e. The van der Waals surface area contributed by atoms with Gasteiger partial charge in [0.15, 0.2) is 0 Å². The lowest BCUT2D eigenvalue weighted by atomic mass is 9.49. The summed E-state index contributed by atoms with van der Waals surface area (Å²) in [5, 5.41) is 5.84. The number of amides is 2. The molecule has 146 valence electrons. The van der Waals surface area contributed by atoms with Crippen molar-refractivity contribution in [2.75, 3.05) is 11.9 Å². The third-order valence-electron chi connectivity index (χ3n) is 7.09. The lowest BCUT2D eigenvalue weighted by Crippen LogP contribution is -2.48. The van der Waals surface area contributed by atoms with Crippen LogP contribution in [0.15, 0.2) is 12.1 Å². The average molecular weight is 369 g/mol. The molecule has 0 radical (unpaired) electrons.